The molecule has 2 fully saturated rings. The Morgan fingerprint density at radius 3 is 2.27 bits per heavy atom. The summed E-state index contributed by atoms with van der Waals surface area (Å²) in [4.78, 5) is 17.0. The Morgan fingerprint density at radius 1 is 0.812 bits per heavy atom. The summed E-state index contributed by atoms with van der Waals surface area (Å²) >= 11 is 0. The lowest BCUT2D eigenvalue weighted by Crippen LogP contribution is -2.49. The molecule has 0 aromatic heterocycles. The molecule has 3 atom stereocenters. The van der Waals surface area contributed by atoms with Gasteiger partial charge >= 0.3 is 6.09 Å². The van der Waals surface area contributed by atoms with E-state index in [1.807, 2.05) is 30.3 Å². The second kappa shape index (κ2) is 16.7. The standard InChI is InChI=1S/C40H45N3O5/c1-2-22-46-40(45)41-26-32-10-6-11-34(23-32)35-12-7-13-36(24-35)39-47-37(25-38(48-39)33-16-14-31(29-44)15-17-33)28-43-20-18-42(19-21-43)27-30-8-4-3-5-9-30/h2-17,23-24,37-39,44H,1,18-22,25-29H2,(H,41,45). The second-order valence-corrected chi connectivity index (χ2v) is 12.5. The highest BCUT2D eigenvalue weighted by Crippen LogP contribution is 2.39. The molecule has 8 heteroatoms. The zero-order valence-corrected chi connectivity index (χ0v) is 27.4. The molecule has 6 rings (SSSR count). The van der Waals surface area contributed by atoms with Crippen molar-refractivity contribution in [2.24, 2.45) is 0 Å². The summed E-state index contributed by atoms with van der Waals surface area (Å²) in [5.41, 5.74) is 7.31. The summed E-state index contributed by atoms with van der Waals surface area (Å²) in [5.74, 6) is 0. The average molecular weight is 648 g/mol. The molecule has 0 spiro atoms. The van der Waals surface area contributed by atoms with Crippen LogP contribution in [0.5, 0.6) is 0 Å². The highest BCUT2D eigenvalue weighted by Gasteiger charge is 2.34. The number of nitrogens with one attached hydrogen (secondary N) is 1. The van der Waals surface area contributed by atoms with Crippen LogP contribution in [0.4, 0.5) is 4.79 Å². The number of ether oxygens (including phenoxy) is 3. The molecule has 2 N–H and O–H groups in total. The third-order valence-corrected chi connectivity index (χ3v) is 8.98. The van der Waals surface area contributed by atoms with Crippen LogP contribution in [0, 0.1) is 0 Å². The fourth-order valence-electron chi connectivity index (χ4n) is 6.38. The van der Waals surface area contributed by atoms with Crippen LogP contribution in [0.15, 0.2) is 116 Å². The van der Waals surface area contributed by atoms with E-state index in [4.69, 9.17) is 14.2 Å². The molecule has 2 aliphatic heterocycles. The molecule has 2 aliphatic rings. The van der Waals surface area contributed by atoms with Gasteiger partial charge < -0.3 is 24.6 Å². The summed E-state index contributed by atoms with van der Waals surface area (Å²) in [6, 6.07) is 35.1. The van der Waals surface area contributed by atoms with Gasteiger partial charge in [-0.2, -0.15) is 0 Å². The minimum Gasteiger partial charge on any atom is -0.445 e. The molecule has 0 bridgehead atoms. The lowest BCUT2D eigenvalue weighted by Gasteiger charge is -2.41. The maximum atomic E-state index is 11.9. The van der Waals surface area contributed by atoms with Gasteiger partial charge in [0.2, 0.25) is 0 Å². The molecule has 48 heavy (non-hydrogen) atoms. The van der Waals surface area contributed by atoms with Gasteiger partial charge in [0, 0.05) is 57.8 Å². The topological polar surface area (TPSA) is 83.5 Å². The van der Waals surface area contributed by atoms with Crippen LogP contribution < -0.4 is 5.32 Å². The van der Waals surface area contributed by atoms with Crippen LogP contribution in [0.2, 0.25) is 0 Å². The highest BCUT2D eigenvalue weighted by molar-refractivity contribution is 5.68. The van der Waals surface area contributed by atoms with E-state index in [9.17, 15) is 9.90 Å². The lowest BCUT2D eigenvalue weighted by molar-refractivity contribution is -0.253. The molecule has 0 saturated carbocycles. The molecule has 4 aromatic rings. The molecule has 0 aliphatic carbocycles. The van der Waals surface area contributed by atoms with Crippen molar-refractivity contribution in [3.05, 3.63) is 144 Å². The highest BCUT2D eigenvalue weighted by atomic mass is 16.7. The van der Waals surface area contributed by atoms with E-state index >= 15 is 0 Å². The van der Waals surface area contributed by atoms with Crippen LogP contribution in [0.1, 0.15) is 46.6 Å². The maximum Gasteiger partial charge on any atom is 0.407 e. The predicted octanol–water partition coefficient (Wildman–Crippen LogP) is 6.62. The normalized spacial score (nSPS) is 20.2. The molecule has 2 heterocycles. The van der Waals surface area contributed by atoms with E-state index in [-0.39, 0.29) is 25.4 Å². The average Bonchev–Trinajstić information content (AvgIpc) is 3.14. The van der Waals surface area contributed by atoms with E-state index in [1.54, 1.807) is 6.08 Å². The van der Waals surface area contributed by atoms with Crippen molar-refractivity contribution >= 4 is 6.09 Å². The van der Waals surface area contributed by atoms with Crippen LogP contribution >= 0.6 is 0 Å². The van der Waals surface area contributed by atoms with Gasteiger partial charge in [-0.3, -0.25) is 9.80 Å². The number of alkyl carbamates (subject to hydrolysis) is 1. The van der Waals surface area contributed by atoms with Crippen molar-refractivity contribution in [3.63, 3.8) is 0 Å². The number of benzene rings is 4. The largest absolute Gasteiger partial charge is 0.445 e. The molecule has 0 radical (unpaired) electrons. The van der Waals surface area contributed by atoms with Gasteiger partial charge in [0.25, 0.3) is 0 Å². The van der Waals surface area contributed by atoms with Gasteiger partial charge in [-0.25, -0.2) is 4.79 Å². The van der Waals surface area contributed by atoms with Crippen molar-refractivity contribution in [1.29, 1.82) is 0 Å². The van der Waals surface area contributed by atoms with Gasteiger partial charge in [0.05, 0.1) is 18.8 Å². The number of carbonyl (C=O) groups is 1. The van der Waals surface area contributed by atoms with E-state index in [0.717, 1.165) is 79.1 Å². The fraction of sp³-hybridized carbons (Fsp3) is 0.325. The first kappa shape index (κ1) is 33.6. The Morgan fingerprint density at radius 2 is 1.52 bits per heavy atom. The van der Waals surface area contributed by atoms with Crippen LogP contribution in [0.25, 0.3) is 11.1 Å². The fourth-order valence-corrected chi connectivity index (χ4v) is 6.38. The number of hydrogen-bond acceptors (Lipinski definition) is 7. The Labute approximate surface area is 283 Å². The Kier molecular flexibility index (Phi) is 11.7. The zero-order chi connectivity index (χ0) is 33.1. The number of nitrogens with zero attached hydrogens (tertiary/aromatic N) is 2. The number of piperazine rings is 1. The molecular weight excluding hydrogens is 602 g/mol. The predicted molar refractivity (Wildman–Crippen MR) is 187 cm³/mol. The smallest absolute Gasteiger partial charge is 0.407 e. The minimum absolute atomic E-state index is 0.00848. The first-order chi connectivity index (χ1) is 23.6. The molecule has 4 aromatic carbocycles. The second-order valence-electron chi connectivity index (χ2n) is 12.5. The summed E-state index contributed by atoms with van der Waals surface area (Å²) in [6.07, 6.45) is 1.14. The quantitative estimate of drug-likeness (QED) is 0.167. The van der Waals surface area contributed by atoms with E-state index in [0.29, 0.717) is 6.54 Å². The Bertz CT molecular complexity index is 1620. The number of aliphatic hydroxyl groups is 1. The number of hydrogen-bond donors (Lipinski definition) is 2. The van der Waals surface area contributed by atoms with Gasteiger partial charge in [-0.1, -0.05) is 104 Å². The number of carbonyl (C=O) groups excluding carboxylic acids is 1. The monoisotopic (exact) mass is 647 g/mol. The Hall–Kier alpha value is -4.31. The van der Waals surface area contributed by atoms with Crippen molar-refractivity contribution in [1.82, 2.24) is 15.1 Å². The summed E-state index contributed by atoms with van der Waals surface area (Å²) < 4.78 is 18.4. The SMILES string of the molecule is C=CCOC(=O)NCc1cccc(-c2cccc(C3OC(CN4CCN(Cc5ccccc5)CC4)CC(c4ccc(CO)cc4)O3)c2)c1. The molecular formula is C40H45N3O5. The molecule has 250 valence electrons. The summed E-state index contributed by atoms with van der Waals surface area (Å²) in [5, 5.41) is 12.4. The lowest BCUT2D eigenvalue weighted by atomic mass is 9.98. The van der Waals surface area contributed by atoms with E-state index < -0.39 is 12.4 Å². The summed E-state index contributed by atoms with van der Waals surface area (Å²) in [7, 11) is 0. The van der Waals surface area contributed by atoms with E-state index in [1.165, 1.54) is 5.56 Å². The van der Waals surface area contributed by atoms with Crippen LogP contribution in [-0.4, -0.2) is 66.4 Å². The van der Waals surface area contributed by atoms with Crippen LogP contribution in [0.3, 0.4) is 0 Å². The van der Waals surface area contributed by atoms with Crippen molar-refractivity contribution in [2.75, 3.05) is 39.3 Å². The zero-order valence-electron chi connectivity index (χ0n) is 27.4. The summed E-state index contributed by atoms with van der Waals surface area (Å²) in [6.45, 7) is 10.00. The number of rotatable bonds is 12. The van der Waals surface area contributed by atoms with Crippen molar-refractivity contribution in [2.45, 2.75) is 44.6 Å². The first-order valence-electron chi connectivity index (χ1n) is 16.8. The van der Waals surface area contributed by atoms with Gasteiger partial charge in [0.1, 0.15) is 6.61 Å². The number of amides is 1. The first-order valence-corrected chi connectivity index (χ1v) is 16.8. The molecule has 3 unspecified atom stereocenters. The minimum atomic E-state index is -0.532. The van der Waals surface area contributed by atoms with Crippen molar-refractivity contribution in [3.8, 4) is 11.1 Å². The van der Waals surface area contributed by atoms with Gasteiger partial charge in [-0.15, -0.1) is 0 Å². The number of aliphatic hydroxyl groups excluding tert-OH is 1. The van der Waals surface area contributed by atoms with Crippen LogP contribution in [-0.2, 0) is 33.9 Å². The van der Waals surface area contributed by atoms with Crippen molar-refractivity contribution < 1.29 is 24.1 Å². The van der Waals surface area contributed by atoms with Gasteiger partial charge in [0.15, 0.2) is 6.29 Å². The molecule has 2 saturated heterocycles. The molecule has 1 amide bonds. The van der Waals surface area contributed by atoms with E-state index in [2.05, 4.69) is 94.5 Å². The molecule has 8 nitrogen and oxygen atoms in total. The maximum absolute atomic E-state index is 11.9. The Balaban J connectivity index is 1.15. The van der Waals surface area contributed by atoms with Gasteiger partial charge in [-0.05, 0) is 45.5 Å². The third-order valence-electron chi connectivity index (χ3n) is 8.98. The third kappa shape index (κ3) is 9.18.